The zero-order valence-corrected chi connectivity index (χ0v) is 14.8. The summed E-state index contributed by atoms with van der Waals surface area (Å²) in [4.78, 5) is 16.5. The predicted octanol–water partition coefficient (Wildman–Crippen LogP) is 4.00. The molecule has 134 valence electrons. The maximum absolute atomic E-state index is 13.3. The molecular weight excluding hydrogens is 329 g/mol. The van der Waals surface area contributed by atoms with E-state index in [1.807, 2.05) is 12.1 Å². The quantitative estimate of drug-likeness (QED) is 0.682. The molecule has 1 aliphatic rings. The molecule has 0 unspecified atom stereocenters. The molecule has 2 heterocycles. The summed E-state index contributed by atoms with van der Waals surface area (Å²) in [6, 6.07) is 12.6. The zero-order valence-electron chi connectivity index (χ0n) is 14.8. The van der Waals surface area contributed by atoms with Gasteiger partial charge in [-0.3, -0.25) is 4.79 Å². The Morgan fingerprint density at radius 3 is 2.81 bits per heavy atom. The van der Waals surface area contributed by atoms with Crippen LogP contribution in [0.3, 0.4) is 0 Å². The number of hydrogen-bond donors (Lipinski definition) is 1. The van der Waals surface area contributed by atoms with Crippen LogP contribution in [0.15, 0.2) is 48.7 Å². The van der Waals surface area contributed by atoms with Crippen LogP contribution in [-0.2, 0) is 11.3 Å². The van der Waals surface area contributed by atoms with E-state index in [0.29, 0.717) is 12.5 Å². The highest BCUT2D eigenvalue weighted by Gasteiger charge is 2.38. The first-order valence-electron chi connectivity index (χ1n) is 9.11. The molecule has 5 heteroatoms. The van der Waals surface area contributed by atoms with Crippen molar-refractivity contribution in [1.82, 2.24) is 14.9 Å². The van der Waals surface area contributed by atoms with E-state index < -0.39 is 0 Å². The molecule has 1 aromatic carbocycles. The molecule has 4 nitrogen and oxygen atoms in total. The predicted molar refractivity (Wildman–Crippen MR) is 100 cm³/mol. The molecule has 0 aliphatic heterocycles. The first-order chi connectivity index (χ1) is 12.6. The lowest BCUT2D eigenvalue weighted by Crippen LogP contribution is -2.27. The Morgan fingerprint density at radius 2 is 2.08 bits per heavy atom. The molecule has 1 aliphatic carbocycles. The van der Waals surface area contributed by atoms with Crippen molar-refractivity contribution in [2.45, 2.75) is 26.3 Å². The van der Waals surface area contributed by atoms with E-state index in [-0.39, 0.29) is 17.6 Å². The van der Waals surface area contributed by atoms with Gasteiger partial charge < -0.3 is 9.88 Å². The molecule has 2 atom stereocenters. The number of aryl methyl sites for hydroxylation is 1. The SMILES string of the molecule is C[C@H]1C[C@H]1C(=O)NCCCn1c(-c2ccc(F)cc2)cc2cccnc21. The van der Waals surface area contributed by atoms with Crippen LogP contribution in [0.4, 0.5) is 4.39 Å². The van der Waals surface area contributed by atoms with E-state index in [1.54, 1.807) is 18.3 Å². The van der Waals surface area contributed by atoms with Crippen molar-refractivity contribution in [3.8, 4) is 11.3 Å². The molecule has 26 heavy (non-hydrogen) atoms. The van der Waals surface area contributed by atoms with Crippen molar-refractivity contribution >= 4 is 16.9 Å². The molecule has 0 radical (unpaired) electrons. The van der Waals surface area contributed by atoms with Gasteiger partial charge in [-0.05, 0) is 66.8 Å². The monoisotopic (exact) mass is 351 g/mol. The fourth-order valence-electron chi connectivity index (χ4n) is 3.44. The number of carbonyl (C=O) groups excluding carboxylic acids is 1. The summed E-state index contributed by atoms with van der Waals surface area (Å²) in [5.74, 6) is 0.662. The molecular formula is C21H22FN3O. The largest absolute Gasteiger partial charge is 0.356 e. The van der Waals surface area contributed by atoms with E-state index in [0.717, 1.165) is 41.7 Å². The second-order valence-corrected chi connectivity index (χ2v) is 7.07. The lowest BCUT2D eigenvalue weighted by Gasteiger charge is -2.11. The molecule has 0 spiro atoms. The summed E-state index contributed by atoms with van der Waals surface area (Å²) >= 11 is 0. The number of hydrogen-bond acceptors (Lipinski definition) is 2. The smallest absolute Gasteiger partial charge is 0.223 e. The van der Waals surface area contributed by atoms with Gasteiger partial charge in [-0.2, -0.15) is 0 Å². The molecule has 0 saturated heterocycles. The molecule has 1 N–H and O–H groups in total. The lowest BCUT2D eigenvalue weighted by molar-refractivity contribution is -0.122. The van der Waals surface area contributed by atoms with Crippen LogP contribution in [0, 0.1) is 17.7 Å². The summed E-state index contributed by atoms with van der Waals surface area (Å²) in [6.45, 7) is 3.50. The minimum atomic E-state index is -0.244. The zero-order chi connectivity index (χ0) is 18.1. The minimum absolute atomic E-state index is 0.173. The number of nitrogens with zero attached hydrogens (tertiary/aromatic N) is 2. The van der Waals surface area contributed by atoms with Gasteiger partial charge in [-0.15, -0.1) is 0 Å². The Labute approximate surface area is 152 Å². The van der Waals surface area contributed by atoms with E-state index in [9.17, 15) is 9.18 Å². The first kappa shape index (κ1) is 16.8. The fourth-order valence-corrected chi connectivity index (χ4v) is 3.44. The van der Waals surface area contributed by atoms with Gasteiger partial charge in [-0.1, -0.05) is 6.92 Å². The van der Waals surface area contributed by atoms with Crippen LogP contribution in [-0.4, -0.2) is 22.0 Å². The van der Waals surface area contributed by atoms with Crippen LogP contribution in [0.1, 0.15) is 19.8 Å². The Balaban J connectivity index is 1.52. The number of fused-ring (bicyclic) bond motifs is 1. The Kier molecular flexibility index (Phi) is 4.45. The Morgan fingerprint density at radius 1 is 1.31 bits per heavy atom. The first-order valence-corrected chi connectivity index (χ1v) is 9.11. The summed E-state index contributed by atoms with van der Waals surface area (Å²) in [5.41, 5.74) is 2.88. The van der Waals surface area contributed by atoms with Crippen LogP contribution in [0.25, 0.3) is 22.3 Å². The number of halogens is 1. The summed E-state index contributed by atoms with van der Waals surface area (Å²) in [5, 5.41) is 4.09. The van der Waals surface area contributed by atoms with Crippen molar-refractivity contribution in [3.63, 3.8) is 0 Å². The van der Waals surface area contributed by atoms with E-state index >= 15 is 0 Å². The number of amides is 1. The number of pyridine rings is 1. The Hall–Kier alpha value is -2.69. The molecule has 0 bridgehead atoms. The second-order valence-electron chi connectivity index (χ2n) is 7.07. The van der Waals surface area contributed by atoms with Gasteiger partial charge in [0, 0.05) is 30.6 Å². The van der Waals surface area contributed by atoms with Crippen LogP contribution >= 0.6 is 0 Å². The Bertz CT molecular complexity index is 932. The molecule has 1 fully saturated rings. The van der Waals surface area contributed by atoms with Gasteiger partial charge in [-0.25, -0.2) is 9.37 Å². The van der Waals surface area contributed by atoms with Gasteiger partial charge in [0.2, 0.25) is 5.91 Å². The van der Waals surface area contributed by atoms with E-state index in [4.69, 9.17) is 0 Å². The van der Waals surface area contributed by atoms with Crippen LogP contribution < -0.4 is 5.32 Å². The topological polar surface area (TPSA) is 46.9 Å². The molecule has 3 aromatic rings. The summed E-state index contributed by atoms with van der Waals surface area (Å²) in [7, 11) is 0. The minimum Gasteiger partial charge on any atom is -0.356 e. The third kappa shape index (κ3) is 3.34. The van der Waals surface area contributed by atoms with E-state index in [1.165, 1.54) is 12.1 Å². The maximum Gasteiger partial charge on any atom is 0.223 e. The fraction of sp³-hybridized carbons (Fsp3) is 0.333. The highest BCUT2D eigenvalue weighted by Crippen LogP contribution is 2.37. The highest BCUT2D eigenvalue weighted by atomic mass is 19.1. The third-order valence-corrected chi connectivity index (χ3v) is 5.10. The molecule has 2 aromatic heterocycles. The number of nitrogens with one attached hydrogen (secondary N) is 1. The lowest BCUT2D eigenvalue weighted by atomic mass is 10.1. The van der Waals surface area contributed by atoms with Gasteiger partial charge in [0.05, 0.1) is 5.69 Å². The number of carbonyl (C=O) groups is 1. The molecule has 4 rings (SSSR count). The van der Waals surface area contributed by atoms with Gasteiger partial charge in [0.25, 0.3) is 0 Å². The maximum atomic E-state index is 13.3. The molecule has 1 amide bonds. The van der Waals surface area contributed by atoms with Crippen molar-refractivity contribution < 1.29 is 9.18 Å². The summed E-state index contributed by atoms with van der Waals surface area (Å²) < 4.78 is 15.4. The van der Waals surface area contributed by atoms with Crippen molar-refractivity contribution in [2.24, 2.45) is 11.8 Å². The second kappa shape index (κ2) is 6.90. The third-order valence-electron chi connectivity index (χ3n) is 5.10. The van der Waals surface area contributed by atoms with E-state index in [2.05, 4.69) is 27.9 Å². The number of aromatic nitrogens is 2. The van der Waals surface area contributed by atoms with Crippen LogP contribution in [0.5, 0.6) is 0 Å². The number of rotatable bonds is 6. The highest BCUT2D eigenvalue weighted by molar-refractivity contribution is 5.84. The van der Waals surface area contributed by atoms with Crippen molar-refractivity contribution in [1.29, 1.82) is 0 Å². The van der Waals surface area contributed by atoms with Crippen LogP contribution in [0.2, 0.25) is 0 Å². The normalized spacial score (nSPS) is 18.8. The van der Waals surface area contributed by atoms with Gasteiger partial charge in [0.15, 0.2) is 0 Å². The molecule has 1 saturated carbocycles. The standard InChI is InChI=1S/C21H22FN3O/c1-14-12-18(14)21(26)24-10-3-11-25-19(15-5-7-17(22)8-6-15)13-16-4-2-9-23-20(16)25/h2,4-9,13-14,18H,3,10-12H2,1H3,(H,24,26)/t14-,18+/m0/s1. The van der Waals surface area contributed by atoms with Crippen molar-refractivity contribution in [2.75, 3.05) is 6.54 Å². The van der Waals surface area contributed by atoms with Crippen molar-refractivity contribution in [3.05, 3.63) is 54.5 Å². The summed E-state index contributed by atoms with van der Waals surface area (Å²) in [6.07, 6.45) is 3.61. The van der Waals surface area contributed by atoms with Gasteiger partial charge in [0.1, 0.15) is 11.5 Å². The van der Waals surface area contributed by atoms with Gasteiger partial charge >= 0.3 is 0 Å². The number of benzene rings is 1. The average molecular weight is 351 g/mol. The average Bonchev–Trinajstić information content (AvgIpc) is 3.27.